The van der Waals surface area contributed by atoms with Crippen molar-refractivity contribution in [2.45, 2.75) is 13.8 Å². The summed E-state index contributed by atoms with van der Waals surface area (Å²) in [6.45, 7) is 3.65. The Kier molecular flexibility index (Phi) is 4.75. The molecule has 6 heteroatoms. The third kappa shape index (κ3) is 3.71. The first kappa shape index (κ1) is 17.0. The maximum absolute atomic E-state index is 12.5. The van der Waals surface area contributed by atoms with E-state index in [9.17, 15) is 13.2 Å². The molecule has 0 aliphatic heterocycles. The Labute approximate surface area is 137 Å². The van der Waals surface area contributed by atoms with Crippen LogP contribution in [-0.4, -0.2) is 27.6 Å². The summed E-state index contributed by atoms with van der Waals surface area (Å²) in [7, 11) is -1.91. The zero-order valence-electron chi connectivity index (χ0n) is 13.6. The summed E-state index contributed by atoms with van der Waals surface area (Å²) in [6.07, 6.45) is 1.13. The highest BCUT2D eigenvalue weighted by molar-refractivity contribution is 7.92. The molecule has 0 aliphatic rings. The molecule has 2 aromatic rings. The number of carbonyl (C=O) groups excluding carboxylic acids is 1. The lowest BCUT2D eigenvalue weighted by molar-refractivity contribution is 0.102. The molecule has 0 aromatic heterocycles. The lowest BCUT2D eigenvalue weighted by atomic mass is 10.1. The highest BCUT2D eigenvalue weighted by Crippen LogP contribution is 2.25. The molecule has 0 heterocycles. The molecular weight excluding hydrogens is 312 g/mol. The normalized spacial score (nSPS) is 11.1. The summed E-state index contributed by atoms with van der Waals surface area (Å²) < 4.78 is 24.6. The number of sulfonamides is 1. The number of benzene rings is 2. The predicted octanol–water partition coefficient (Wildman–Crippen LogP) is 2.95. The Morgan fingerprint density at radius 3 is 2.30 bits per heavy atom. The fourth-order valence-corrected chi connectivity index (χ4v) is 2.85. The number of rotatable bonds is 4. The van der Waals surface area contributed by atoms with Crippen LogP contribution in [0.4, 0.5) is 11.4 Å². The van der Waals surface area contributed by atoms with Gasteiger partial charge in [-0.15, -0.1) is 0 Å². The molecule has 0 unspecified atom stereocenters. The SMILES string of the molecule is Cc1ccccc1NC(=O)c1cccc(N(C)S(C)(=O)=O)c1C. The van der Waals surface area contributed by atoms with Gasteiger partial charge in [-0.3, -0.25) is 9.10 Å². The van der Waals surface area contributed by atoms with Gasteiger partial charge < -0.3 is 5.32 Å². The second kappa shape index (κ2) is 6.42. The Balaban J connectivity index is 2.37. The summed E-state index contributed by atoms with van der Waals surface area (Å²) >= 11 is 0. The van der Waals surface area contributed by atoms with E-state index >= 15 is 0 Å². The van der Waals surface area contributed by atoms with Crippen LogP contribution in [0.15, 0.2) is 42.5 Å². The molecule has 1 N–H and O–H groups in total. The molecule has 0 saturated heterocycles. The van der Waals surface area contributed by atoms with Gasteiger partial charge in [-0.25, -0.2) is 8.42 Å². The fraction of sp³-hybridized carbons (Fsp3) is 0.235. The van der Waals surface area contributed by atoms with Crippen LogP contribution in [0, 0.1) is 13.8 Å². The molecule has 0 fully saturated rings. The van der Waals surface area contributed by atoms with Gasteiger partial charge in [-0.1, -0.05) is 24.3 Å². The highest BCUT2D eigenvalue weighted by atomic mass is 32.2. The third-order valence-electron chi connectivity index (χ3n) is 3.78. The number of hydrogen-bond donors (Lipinski definition) is 1. The van der Waals surface area contributed by atoms with Crippen molar-refractivity contribution in [3.05, 3.63) is 59.2 Å². The van der Waals surface area contributed by atoms with Crippen LogP contribution in [0.25, 0.3) is 0 Å². The summed E-state index contributed by atoms with van der Waals surface area (Å²) in [5.41, 5.74) is 3.25. The molecule has 23 heavy (non-hydrogen) atoms. The maximum Gasteiger partial charge on any atom is 0.256 e. The van der Waals surface area contributed by atoms with Gasteiger partial charge in [0.1, 0.15) is 0 Å². The molecule has 0 spiro atoms. The minimum atomic E-state index is -3.38. The lowest BCUT2D eigenvalue weighted by Crippen LogP contribution is -2.26. The van der Waals surface area contributed by atoms with Crippen molar-refractivity contribution in [2.75, 3.05) is 22.9 Å². The number of nitrogens with one attached hydrogen (secondary N) is 1. The van der Waals surface area contributed by atoms with Crippen molar-refractivity contribution in [1.82, 2.24) is 0 Å². The molecule has 0 saturated carbocycles. The van der Waals surface area contributed by atoms with Crippen molar-refractivity contribution in [1.29, 1.82) is 0 Å². The number of nitrogens with zero attached hydrogens (tertiary/aromatic N) is 1. The van der Waals surface area contributed by atoms with E-state index in [0.717, 1.165) is 17.5 Å². The maximum atomic E-state index is 12.5. The topological polar surface area (TPSA) is 66.5 Å². The second-order valence-corrected chi connectivity index (χ2v) is 7.46. The van der Waals surface area contributed by atoms with Gasteiger partial charge in [0.15, 0.2) is 0 Å². The van der Waals surface area contributed by atoms with Crippen LogP contribution in [0.1, 0.15) is 21.5 Å². The van der Waals surface area contributed by atoms with Gasteiger partial charge in [0.25, 0.3) is 5.91 Å². The second-order valence-electron chi connectivity index (χ2n) is 5.45. The van der Waals surface area contributed by atoms with E-state index in [-0.39, 0.29) is 5.91 Å². The molecule has 5 nitrogen and oxygen atoms in total. The number of anilines is 2. The minimum Gasteiger partial charge on any atom is -0.322 e. The van der Waals surface area contributed by atoms with Gasteiger partial charge in [0.05, 0.1) is 11.9 Å². The highest BCUT2D eigenvalue weighted by Gasteiger charge is 2.18. The quantitative estimate of drug-likeness (QED) is 0.936. The largest absolute Gasteiger partial charge is 0.322 e. The average molecular weight is 332 g/mol. The Morgan fingerprint density at radius 2 is 1.70 bits per heavy atom. The Bertz CT molecular complexity index is 845. The molecule has 0 aliphatic carbocycles. The molecule has 0 atom stereocenters. The average Bonchev–Trinajstić information content (AvgIpc) is 2.48. The van der Waals surface area contributed by atoms with E-state index in [2.05, 4.69) is 5.32 Å². The van der Waals surface area contributed by atoms with Crippen LogP contribution in [0.3, 0.4) is 0 Å². The first-order chi connectivity index (χ1) is 10.7. The van der Waals surface area contributed by atoms with Gasteiger partial charge in [-0.05, 0) is 43.2 Å². The molecule has 1 amide bonds. The molecular formula is C17H20N2O3S. The van der Waals surface area contributed by atoms with Crippen LogP contribution >= 0.6 is 0 Å². The summed E-state index contributed by atoms with van der Waals surface area (Å²) in [5, 5.41) is 2.87. The molecule has 122 valence electrons. The van der Waals surface area contributed by atoms with Crippen LogP contribution in [-0.2, 0) is 10.0 Å². The first-order valence-corrected chi connectivity index (χ1v) is 8.97. The lowest BCUT2D eigenvalue weighted by Gasteiger charge is -2.20. The molecule has 2 aromatic carbocycles. The monoisotopic (exact) mass is 332 g/mol. The summed E-state index contributed by atoms with van der Waals surface area (Å²) in [6, 6.07) is 12.5. The van der Waals surface area contributed by atoms with Gasteiger partial charge in [-0.2, -0.15) is 0 Å². The molecule has 0 radical (unpaired) electrons. The van der Waals surface area contributed by atoms with E-state index in [1.54, 1.807) is 25.1 Å². The number of hydrogen-bond acceptors (Lipinski definition) is 3. The molecule has 2 rings (SSSR count). The minimum absolute atomic E-state index is 0.263. The number of carbonyl (C=O) groups is 1. The van der Waals surface area contributed by atoms with Gasteiger partial charge in [0.2, 0.25) is 10.0 Å². The Morgan fingerprint density at radius 1 is 1.04 bits per heavy atom. The smallest absolute Gasteiger partial charge is 0.256 e. The van der Waals surface area contributed by atoms with Crippen molar-refractivity contribution in [3.63, 3.8) is 0 Å². The van der Waals surface area contributed by atoms with Crippen molar-refractivity contribution in [3.8, 4) is 0 Å². The Hall–Kier alpha value is -2.34. The van der Waals surface area contributed by atoms with Crippen LogP contribution in [0.2, 0.25) is 0 Å². The summed E-state index contributed by atoms with van der Waals surface area (Å²) in [5.74, 6) is -0.263. The van der Waals surface area contributed by atoms with Gasteiger partial charge >= 0.3 is 0 Å². The van der Waals surface area contributed by atoms with Crippen LogP contribution in [0.5, 0.6) is 0 Å². The zero-order chi connectivity index (χ0) is 17.2. The van der Waals surface area contributed by atoms with E-state index in [4.69, 9.17) is 0 Å². The van der Waals surface area contributed by atoms with E-state index in [0.29, 0.717) is 16.8 Å². The van der Waals surface area contributed by atoms with Crippen molar-refractivity contribution in [2.24, 2.45) is 0 Å². The fourth-order valence-electron chi connectivity index (χ4n) is 2.29. The number of amides is 1. The third-order valence-corrected chi connectivity index (χ3v) is 4.97. The van der Waals surface area contributed by atoms with Gasteiger partial charge in [0, 0.05) is 18.3 Å². The standard InChI is InChI=1S/C17H20N2O3S/c1-12-8-5-6-10-15(12)18-17(20)14-9-7-11-16(13(14)2)19(3)23(4,21)22/h5-11H,1-4H3,(H,18,20). The van der Waals surface area contributed by atoms with Crippen LogP contribution < -0.4 is 9.62 Å². The number of para-hydroxylation sites is 1. The molecule has 0 bridgehead atoms. The predicted molar refractivity (Wildman–Crippen MR) is 93.6 cm³/mol. The van der Waals surface area contributed by atoms with E-state index in [1.165, 1.54) is 11.4 Å². The zero-order valence-corrected chi connectivity index (χ0v) is 14.4. The van der Waals surface area contributed by atoms with Crippen molar-refractivity contribution < 1.29 is 13.2 Å². The van der Waals surface area contributed by atoms with E-state index in [1.807, 2.05) is 31.2 Å². The van der Waals surface area contributed by atoms with E-state index < -0.39 is 10.0 Å². The summed E-state index contributed by atoms with van der Waals surface area (Å²) in [4.78, 5) is 12.5. The number of aryl methyl sites for hydroxylation is 1. The first-order valence-electron chi connectivity index (χ1n) is 7.12. The van der Waals surface area contributed by atoms with Crippen molar-refractivity contribution >= 4 is 27.3 Å².